The number of nitrogens with one attached hydrogen (secondary N) is 1. The average molecular weight is 231 g/mol. The van der Waals surface area contributed by atoms with Crippen LogP contribution >= 0.6 is 0 Å². The first kappa shape index (κ1) is 12.6. The summed E-state index contributed by atoms with van der Waals surface area (Å²) < 4.78 is 0. The first-order valence-corrected chi connectivity index (χ1v) is 7.01. The van der Waals surface area contributed by atoms with Crippen LogP contribution in [0.1, 0.15) is 38.7 Å². The van der Waals surface area contributed by atoms with Crippen molar-refractivity contribution in [2.75, 3.05) is 6.54 Å². The third-order valence-corrected chi connectivity index (χ3v) is 3.87. The zero-order valence-electron chi connectivity index (χ0n) is 11.2. The quantitative estimate of drug-likeness (QED) is 0.834. The van der Waals surface area contributed by atoms with Gasteiger partial charge in [-0.3, -0.25) is 0 Å². The lowest BCUT2D eigenvalue weighted by atomic mass is 9.80. The fourth-order valence-corrected chi connectivity index (χ4v) is 3.18. The van der Waals surface area contributed by atoms with Gasteiger partial charge in [0.25, 0.3) is 0 Å². The summed E-state index contributed by atoms with van der Waals surface area (Å²) in [6.45, 7) is 5.90. The van der Waals surface area contributed by atoms with Crippen LogP contribution in [0.2, 0.25) is 0 Å². The molecule has 1 aromatic rings. The Labute approximate surface area is 106 Å². The van der Waals surface area contributed by atoms with Gasteiger partial charge in [-0.05, 0) is 49.6 Å². The highest BCUT2D eigenvalue weighted by Crippen LogP contribution is 2.28. The molecule has 1 aromatic carbocycles. The zero-order valence-corrected chi connectivity index (χ0v) is 11.2. The largest absolute Gasteiger partial charge is 0.314 e. The van der Waals surface area contributed by atoms with E-state index in [1.54, 1.807) is 0 Å². The molecule has 1 heteroatoms. The Balaban J connectivity index is 1.71. The van der Waals surface area contributed by atoms with E-state index >= 15 is 0 Å². The number of benzene rings is 1. The molecule has 0 aromatic heterocycles. The lowest BCUT2D eigenvalue weighted by Gasteiger charge is -2.32. The van der Waals surface area contributed by atoms with E-state index in [1.807, 2.05) is 0 Å². The van der Waals surface area contributed by atoms with Gasteiger partial charge in [0.1, 0.15) is 0 Å². The van der Waals surface area contributed by atoms with Crippen LogP contribution in [-0.2, 0) is 6.42 Å². The Bertz CT molecular complexity index is 310. The van der Waals surface area contributed by atoms with Gasteiger partial charge < -0.3 is 5.32 Å². The molecule has 0 spiro atoms. The number of hydrogen-bond donors (Lipinski definition) is 1. The van der Waals surface area contributed by atoms with Gasteiger partial charge in [0.05, 0.1) is 0 Å². The Morgan fingerprint density at radius 3 is 2.29 bits per heavy atom. The molecule has 2 unspecified atom stereocenters. The van der Waals surface area contributed by atoms with E-state index in [0.29, 0.717) is 0 Å². The van der Waals surface area contributed by atoms with Gasteiger partial charge in [-0.2, -0.15) is 0 Å². The van der Waals surface area contributed by atoms with Gasteiger partial charge in [0.2, 0.25) is 0 Å². The summed E-state index contributed by atoms with van der Waals surface area (Å²) in [4.78, 5) is 0. The van der Waals surface area contributed by atoms with Crippen LogP contribution < -0.4 is 5.32 Å². The lowest BCUT2D eigenvalue weighted by molar-refractivity contribution is 0.240. The van der Waals surface area contributed by atoms with Crippen LogP contribution in [0.25, 0.3) is 0 Å². The van der Waals surface area contributed by atoms with Crippen molar-refractivity contribution in [1.29, 1.82) is 0 Å². The summed E-state index contributed by atoms with van der Waals surface area (Å²) >= 11 is 0. The second-order valence-corrected chi connectivity index (χ2v) is 5.80. The highest BCUT2D eigenvalue weighted by molar-refractivity contribution is 5.14. The SMILES string of the molecule is CC1CC(C)CC(NCCc2ccccc2)C1. The average Bonchev–Trinajstić information content (AvgIpc) is 2.29. The van der Waals surface area contributed by atoms with E-state index in [9.17, 15) is 0 Å². The molecule has 0 aliphatic heterocycles. The first-order chi connectivity index (χ1) is 8.24. The Morgan fingerprint density at radius 2 is 1.65 bits per heavy atom. The zero-order chi connectivity index (χ0) is 12.1. The highest BCUT2D eigenvalue weighted by Gasteiger charge is 2.22. The molecule has 2 atom stereocenters. The Hall–Kier alpha value is -0.820. The van der Waals surface area contributed by atoms with Gasteiger partial charge in [0, 0.05) is 6.04 Å². The van der Waals surface area contributed by atoms with Crippen LogP contribution in [0, 0.1) is 11.8 Å². The molecule has 0 amide bonds. The first-order valence-electron chi connectivity index (χ1n) is 7.01. The minimum absolute atomic E-state index is 0.748. The van der Waals surface area contributed by atoms with Crippen LogP contribution in [0.5, 0.6) is 0 Å². The van der Waals surface area contributed by atoms with Crippen molar-refractivity contribution < 1.29 is 0 Å². The maximum atomic E-state index is 3.73. The van der Waals surface area contributed by atoms with Gasteiger partial charge >= 0.3 is 0 Å². The van der Waals surface area contributed by atoms with Gasteiger partial charge in [-0.1, -0.05) is 44.2 Å². The van der Waals surface area contributed by atoms with Gasteiger partial charge in [0.15, 0.2) is 0 Å². The minimum Gasteiger partial charge on any atom is -0.314 e. The molecule has 0 heterocycles. The maximum absolute atomic E-state index is 3.73. The van der Waals surface area contributed by atoms with Crippen molar-refractivity contribution in [1.82, 2.24) is 5.32 Å². The molecule has 1 nitrogen and oxygen atoms in total. The molecule has 17 heavy (non-hydrogen) atoms. The third kappa shape index (κ3) is 4.16. The fourth-order valence-electron chi connectivity index (χ4n) is 3.18. The monoisotopic (exact) mass is 231 g/mol. The summed E-state index contributed by atoms with van der Waals surface area (Å²) in [6.07, 6.45) is 5.29. The van der Waals surface area contributed by atoms with Crippen LogP contribution in [0.3, 0.4) is 0 Å². The molecule has 94 valence electrons. The molecule has 1 N–H and O–H groups in total. The van der Waals surface area contributed by atoms with E-state index < -0.39 is 0 Å². The van der Waals surface area contributed by atoms with E-state index in [1.165, 1.54) is 24.8 Å². The molecule has 0 bridgehead atoms. The summed E-state index contributed by atoms with van der Waals surface area (Å²) in [6, 6.07) is 11.5. The summed E-state index contributed by atoms with van der Waals surface area (Å²) in [5, 5.41) is 3.73. The van der Waals surface area contributed by atoms with Gasteiger partial charge in [-0.25, -0.2) is 0 Å². The number of hydrogen-bond acceptors (Lipinski definition) is 1. The van der Waals surface area contributed by atoms with Crippen LogP contribution in [0.4, 0.5) is 0 Å². The molecule has 2 rings (SSSR count). The molecule has 1 aliphatic carbocycles. The van der Waals surface area contributed by atoms with Crippen LogP contribution in [0.15, 0.2) is 30.3 Å². The smallest absolute Gasteiger partial charge is 0.00722 e. The predicted octanol–water partition coefficient (Wildman–Crippen LogP) is 3.64. The Morgan fingerprint density at radius 1 is 1.00 bits per heavy atom. The molecule has 1 fully saturated rings. The predicted molar refractivity (Wildman–Crippen MR) is 74.1 cm³/mol. The van der Waals surface area contributed by atoms with Crippen molar-refractivity contribution >= 4 is 0 Å². The fraction of sp³-hybridized carbons (Fsp3) is 0.625. The van der Waals surface area contributed by atoms with E-state index in [4.69, 9.17) is 0 Å². The van der Waals surface area contributed by atoms with Gasteiger partial charge in [-0.15, -0.1) is 0 Å². The van der Waals surface area contributed by atoms with Crippen molar-refractivity contribution in [2.24, 2.45) is 11.8 Å². The highest BCUT2D eigenvalue weighted by atomic mass is 14.9. The lowest BCUT2D eigenvalue weighted by Crippen LogP contribution is -2.37. The normalized spacial score (nSPS) is 29.2. The summed E-state index contributed by atoms with van der Waals surface area (Å²) in [5.41, 5.74) is 1.44. The standard InChI is InChI=1S/C16H25N/c1-13-10-14(2)12-16(11-13)17-9-8-15-6-4-3-5-7-15/h3-7,13-14,16-17H,8-12H2,1-2H3. The third-order valence-electron chi connectivity index (χ3n) is 3.87. The maximum Gasteiger partial charge on any atom is 0.00722 e. The van der Waals surface area contributed by atoms with Crippen molar-refractivity contribution in [3.8, 4) is 0 Å². The molecular formula is C16H25N. The molecule has 0 saturated heterocycles. The summed E-state index contributed by atoms with van der Waals surface area (Å²) in [5.74, 6) is 1.79. The molecule has 1 saturated carbocycles. The second kappa shape index (κ2) is 6.20. The molecular weight excluding hydrogens is 206 g/mol. The van der Waals surface area contributed by atoms with E-state index in [2.05, 4.69) is 49.5 Å². The van der Waals surface area contributed by atoms with Crippen molar-refractivity contribution in [2.45, 2.75) is 45.6 Å². The summed E-state index contributed by atoms with van der Waals surface area (Å²) in [7, 11) is 0. The van der Waals surface area contributed by atoms with E-state index in [-0.39, 0.29) is 0 Å². The molecule has 0 radical (unpaired) electrons. The molecule has 1 aliphatic rings. The van der Waals surface area contributed by atoms with Crippen molar-refractivity contribution in [3.63, 3.8) is 0 Å². The number of rotatable bonds is 4. The Kier molecular flexibility index (Phi) is 4.61. The van der Waals surface area contributed by atoms with Crippen molar-refractivity contribution in [3.05, 3.63) is 35.9 Å². The second-order valence-electron chi connectivity index (χ2n) is 5.80. The van der Waals surface area contributed by atoms with Crippen LogP contribution in [-0.4, -0.2) is 12.6 Å². The van der Waals surface area contributed by atoms with E-state index in [0.717, 1.165) is 30.8 Å². The minimum atomic E-state index is 0.748. The topological polar surface area (TPSA) is 12.0 Å².